The highest BCUT2D eigenvalue weighted by Gasteiger charge is 2.48. The molecule has 1 N–H and O–H groups in total. The zero-order valence-corrected chi connectivity index (χ0v) is 11.0. The molecular formula is C13H14F2N2O4. The number of anilines is 1. The number of halogens is 2. The average Bonchev–Trinajstić information content (AvgIpc) is 2.47. The van der Waals surface area contributed by atoms with Crippen molar-refractivity contribution in [2.75, 3.05) is 18.0 Å². The number of carboxylic acids is 1. The SMILES string of the molecule is O=C(O)C(F)(F)C1CCN(c2ccc([N+](=O)[O-])cc2)CC1. The zero-order valence-electron chi connectivity index (χ0n) is 11.0. The summed E-state index contributed by atoms with van der Waals surface area (Å²) in [7, 11) is 0. The Labute approximate surface area is 119 Å². The van der Waals surface area contributed by atoms with Crippen molar-refractivity contribution in [3.05, 3.63) is 34.4 Å². The Morgan fingerprint density at radius 1 is 1.29 bits per heavy atom. The molecule has 0 aliphatic carbocycles. The first-order valence-electron chi connectivity index (χ1n) is 6.43. The van der Waals surface area contributed by atoms with E-state index in [1.807, 2.05) is 4.90 Å². The maximum Gasteiger partial charge on any atom is 0.374 e. The molecule has 1 aromatic carbocycles. The summed E-state index contributed by atoms with van der Waals surface area (Å²) >= 11 is 0. The summed E-state index contributed by atoms with van der Waals surface area (Å²) in [6.45, 7) is 0.594. The zero-order chi connectivity index (χ0) is 15.6. The third-order valence-corrected chi connectivity index (χ3v) is 3.72. The molecular weight excluding hydrogens is 286 g/mol. The lowest BCUT2D eigenvalue weighted by Crippen LogP contribution is -2.44. The molecule has 1 heterocycles. The number of hydrogen-bond acceptors (Lipinski definition) is 4. The van der Waals surface area contributed by atoms with Crippen LogP contribution in [0.5, 0.6) is 0 Å². The minimum Gasteiger partial charge on any atom is -0.477 e. The summed E-state index contributed by atoms with van der Waals surface area (Å²) in [5.41, 5.74) is 0.670. The molecule has 2 rings (SSSR count). The fourth-order valence-corrected chi connectivity index (χ4v) is 2.46. The molecule has 1 saturated heterocycles. The number of aliphatic carboxylic acids is 1. The summed E-state index contributed by atoms with van der Waals surface area (Å²) in [5, 5.41) is 19.1. The van der Waals surface area contributed by atoms with Crippen molar-refractivity contribution in [2.24, 2.45) is 5.92 Å². The van der Waals surface area contributed by atoms with Crippen molar-refractivity contribution in [2.45, 2.75) is 18.8 Å². The Morgan fingerprint density at radius 2 is 1.81 bits per heavy atom. The number of carboxylic acid groups (broad SMARTS) is 1. The van der Waals surface area contributed by atoms with Crippen molar-refractivity contribution in [3.63, 3.8) is 0 Å². The van der Waals surface area contributed by atoms with Gasteiger partial charge in [0, 0.05) is 36.8 Å². The quantitative estimate of drug-likeness (QED) is 0.682. The van der Waals surface area contributed by atoms with Crippen LogP contribution in [0.2, 0.25) is 0 Å². The molecule has 0 unspecified atom stereocenters. The van der Waals surface area contributed by atoms with Gasteiger partial charge in [-0.15, -0.1) is 0 Å². The van der Waals surface area contributed by atoms with Crippen molar-refractivity contribution in [1.29, 1.82) is 0 Å². The van der Waals surface area contributed by atoms with E-state index in [1.54, 1.807) is 12.1 Å². The molecule has 1 aromatic rings. The number of carbonyl (C=O) groups is 1. The highest BCUT2D eigenvalue weighted by Crippen LogP contribution is 2.35. The molecule has 0 amide bonds. The van der Waals surface area contributed by atoms with Gasteiger partial charge in [0.1, 0.15) is 0 Å². The number of nitro groups is 1. The normalized spacial score (nSPS) is 16.8. The molecule has 1 aliphatic rings. The molecule has 0 radical (unpaired) electrons. The van der Waals surface area contributed by atoms with Crippen LogP contribution in [-0.4, -0.2) is 35.0 Å². The van der Waals surface area contributed by atoms with Gasteiger partial charge in [-0.05, 0) is 25.0 Å². The number of non-ortho nitro benzene ring substituents is 1. The van der Waals surface area contributed by atoms with Crippen LogP contribution < -0.4 is 4.90 Å². The predicted molar refractivity (Wildman–Crippen MR) is 70.6 cm³/mol. The second kappa shape index (κ2) is 5.63. The number of hydrogen-bond donors (Lipinski definition) is 1. The van der Waals surface area contributed by atoms with E-state index in [2.05, 4.69) is 0 Å². The van der Waals surface area contributed by atoms with Crippen molar-refractivity contribution in [1.82, 2.24) is 0 Å². The minimum atomic E-state index is -3.71. The maximum absolute atomic E-state index is 13.4. The van der Waals surface area contributed by atoms with Crippen LogP contribution in [0.3, 0.4) is 0 Å². The molecule has 0 aromatic heterocycles. The van der Waals surface area contributed by atoms with E-state index >= 15 is 0 Å². The second-order valence-electron chi connectivity index (χ2n) is 4.96. The molecule has 0 atom stereocenters. The Bertz CT molecular complexity index is 540. The first-order valence-corrected chi connectivity index (χ1v) is 6.43. The van der Waals surface area contributed by atoms with Crippen LogP contribution in [0.25, 0.3) is 0 Å². The molecule has 1 aliphatic heterocycles. The first kappa shape index (κ1) is 15.1. The Kier molecular flexibility index (Phi) is 4.06. The van der Waals surface area contributed by atoms with E-state index in [0.717, 1.165) is 0 Å². The number of nitro benzene ring substituents is 1. The van der Waals surface area contributed by atoms with Crippen molar-refractivity contribution in [3.8, 4) is 0 Å². The number of rotatable bonds is 4. The highest BCUT2D eigenvalue weighted by molar-refractivity contribution is 5.75. The summed E-state index contributed by atoms with van der Waals surface area (Å²) < 4.78 is 26.8. The summed E-state index contributed by atoms with van der Waals surface area (Å²) in [5.74, 6) is -6.97. The van der Waals surface area contributed by atoms with Crippen LogP contribution in [-0.2, 0) is 4.79 Å². The largest absolute Gasteiger partial charge is 0.477 e. The van der Waals surface area contributed by atoms with E-state index in [-0.39, 0.29) is 18.5 Å². The molecule has 21 heavy (non-hydrogen) atoms. The molecule has 6 nitrogen and oxygen atoms in total. The van der Waals surface area contributed by atoms with Crippen LogP contribution in [0, 0.1) is 16.0 Å². The first-order chi connectivity index (χ1) is 9.82. The van der Waals surface area contributed by atoms with Gasteiger partial charge in [0.25, 0.3) is 5.69 Å². The van der Waals surface area contributed by atoms with E-state index < -0.39 is 22.7 Å². The molecule has 1 fully saturated rings. The van der Waals surface area contributed by atoms with Crippen LogP contribution in [0.15, 0.2) is 24.3 Å². The molecule has 114 valence electrons. The fourth-order valence-electron chi connectivity index (χ4n) is 2.46. The van der Waals surface area contributed by atoms with Gasteiger partial charge in [-0.3, -0.25) is 10.1 Å². The van der Waals surface area contributed by atoms with Gasteiger partial charge in [0.05, 0.1) is 4.92 Å². The third-order valence-electron chi connectivity index (χ3n) is 3.72. The second-order valence-corrected chi connectivity index (χ2v) is 4.96. The molecule has 8 heteroatoms. The summed E-state index contributed by atoms with van der Waals surface area (Å²) in [6, 6.07) is 5.84. The maximum atomic E-state index is 13.4. The van der Waals surface area contributed by atoms with E-state index in [0.29, 0.717) is 18.8 Å². The van der Waals surface area contributed by atoms with Gasteiger partial charge in [0.15, 0.2) is 0 Å². The van der Waals surface area contributed by atoms with Gasteiger partial charge in [-0.25, -0.2) is 4.79 Å². The lowest BCUT2D eigenvalue weighted by molar-refractivity contribution is -0.384. The van der Waals surface area contributed by atoms with Crippen LogP contribution >= 0.6 is 0 Å². The summed E-state index contributed by atoms with van der Waals surface area (Å²) in [4.78, 5) is 22.4. The Balaban J connectivity index is 2.01. The van der Waals surface area contributed by atoms with Gasteiger partial charge in [-0.1, -0.05) is 0 Å². The number of piperidine rings is 1. The van der Waals surface area contributed by atoms with Crippen LogP contribution in [0.1, 0.15) is 12.8 Å². The minimum absolute atomic E-state index is 0.0361. The topological polar surface area (TPSA) is 83.7 Å². The van der Waals surface area contributed by atoms with Gasteiger partial charge in [-0.2, -0.15) is 8.78 Å². The molecule has 0 bridgehead atoms. The summed E-state index contributed by atoms with van der Waals surface area (Å²) in [6.07, 6.45) is 0.132. The Hall–Kier alpha value is -2.25. The van der Waals surface area contributed by atoms with E-state index in [4.69, 9.17) is 5.11 Å². The molecule has 0 spiro atoms. The average molecular weight is 300 g/mol. The fraction of sp³-hybridized carbons (Fsp3) is 0.462. The lowest BCUT2D eigenvalue weighted by atomic mass is 9.90. The van der Waals surface area contributed by atoms with Gasteiger partial charge < -0.3 is 10.0 Å². The van der Waals surface area contributed by atoms with E-state index in [1.165, 1.54) is 12.1 Å². The number of nitrogens with zero attached hydrogens (tertiary/aromatic N) is 2. The number of alkyl halides is 2. The molecule has 0 saturated carbocycles. The van der Waals surface area contributed by atoms with Crippen molar-refractivity contribution >= 4 is 17.3 Å². The smallest absolute Gasteiger partial charge is 0.374 e. The lowest BCUT2D eigenvalue weighted by Gasteiger charge is -2.35. The van der Waals surface area contributed by atoms with Crippen molar-refractivity contribution < 1.29 is 23.6 Å². The third kappa shape index (κ3) is 3.09. The standard InChI is InChI=1S/C13H14F2N2O4/c14-13(15,12(18)19)9-5-7-16(8-6-9)10-1-3-11(4-2-10)17(20)21/h1-4,9H,5-8H2,(H,18,19). The van der Waals surface area contributed by atoms with Gasteiger partial charge in [0.2, 0.25) is 0 Å². The van der Waals surface area contributed by atoms with Gasteiger partial charge >= 0.3 is 11.9 Å². The van der Waals surface area contributed by atoms with Crippen LogP contribution in [0.4, 0.5) is 20.2 Å². The monoisotopic (exact) mass is 300 g/mol. The Morgan fingerprint density at radius 3 is 2.24 bits per heavy atom. The predicted octanol–water partition coefficient (Wildman–Crippen LogP) is 2.53. The van der Waals surface area contributed by atoms with E-state index in [9.17, 15) is 23.7 Å². The highest BCUT2D eigenvalue weighted by atomic mass is 19.3. The number of benzene rings is 1.